The smallest absolute Gasteiger partial charge is 0.278 e. The number of rotatable bonds is 5. The molecule has 6 heteroatoms. The molecule has 0 radical (unpaired) electrons. The molecule has 6 nitrogen and oxygen atoms in total. The average Bonchev–Trinajstić information content (AvgIpc) is 2.54. The van der Waals surface area contributed by atoms with Gasteiger partial charge in [-0.05, 0) is 38.0 Å². The number of nitrogens with zero attached hydrogens (tertiary/aromatic N) is 3. The molecule has 0 aliphatic heterocycles. The highest BCUT2D eigenvalue weighted by Crippen LogP contribution is 2.19. The summed E-state index contributed by atoms with van der Waals surface area (Å²) in [6.07, 6.45) is 1.55. The third kappa shape index (κ3) is 4.65. The van der Waals surface area contributed by atoms with E-state index in [0.29, 0.717) is 5.56 Å². The minimum Gasteiger partial charge on any atom is -0.467 e. The van der Waals surface area contributed by atoms with Crippen molar-refractivity contribution < 1.29 is 9.53 Å². The first-order valence-corrected chi connectivity index (χ1v) is 7.39. The van der Waals surface area contributed by atoms with Gasteiger partial charge < -0.3 is 4.74 Å². The number of carbonyl (C=O) groups is 1. The Labute approximate surface area is 140 Å². The lowest BCUT2D eigenvalue weighted by molar-refractivity contribution is -0.123. The molecule has 0 spiro atoms. The normalized spacial score (nSPS) is 10.4. The molecule has 1 aromatic carbocycles. The molecule has 0 unspecified atom stereocenters. The second-order valence-electron chi connectivity index (χ2n) is 5.37. The molecule has 0 aliphatic carbocycles. The van der Waals surface area contributed by atoms with E-state index in [1.54, 1.807) is 26.1 Å². The van der Waals surface area contributed by atoms with Crippen LogP contribution in [0.4, 0.5) is 0 Å². The highest BCUT2D eigenvalue weighted by atomic mass is 16.5. The van der Waals surface area contributed by atoms with Crippen LogP contribution in [0.1, 0.15) is 27.9 Å². The highest BCUT2D eigenvalue weighted by molar-refractivity contribution is 5.82. The van der Waals surface area contributed by atoms with Crippen LogP contribution in [-0.2, 0) is 4.79 Å². The maximum absolute atomic E-state index is 11.8. The number of nitriles is 1. The van der Waals surface area contributed by atoms with Gasteiger partial charge in [-0.2, -0.15) is 10.4 Å². The Kier molecular flexibility index (Phi) is 5.63. The molecule has 122 valence electrons. The monoisotopic (exact) mass is 322 g/mol. The molecule has 1 aromatic heterocycles. The Morgan fingerprint density at radius 1 is 1.33 bits per heavy atom. The zero-order chi connectivity index (χ0) is 17.5. The van der Waals surface area contributed by atoms with Crippen molar-refractivity contribution in [1.82, 2.24) is 10.4 Å². The summed E-state index contributed by atoms with van der Waals surface area (Å²) in [6, 6.07) is 11.5. The van der Waals surface area contributed by atoms with Crippen molar-refractivity contribution in [3.05, 3.63) is 58.3 Å². The van der Waals surface area contributed by atoms with Crippen molar-refractivity contribution in [1.29, 1.82) is 5.26 Å². The molecule has 0 aliphatic rings. The molecule has 0 fully saturated rings. The van der Waals surface area contributed by atoms with Crippen LogP contribution in [0.15, 0.2) is 35.4 Å². The molecular weight excluding hydrogens is 304 g/mol. The van der Waals surface area contributed by atoms with Crippen LogP contribution in [0.25, 0.3) is 0 Å². The summed E-state index contributed by atoms with van der Waals surface area (Å²) in [5, 5.41) is 13.0. The lowest BCUT2D eigenvalue weighted by atomic mass is 10.1. The first-order chi connectivity index (χ1) is 11.5. The Morgan fingerprint density at radius 3 is 2.71 bits per heavy atom. The van der Waals surface area contributed by atoms with Gasteiger partial charge in [0.1, 0.15) is 11.6 Å². The van der Waals surface area contributed by atoms with Gasteiger partial charge in [0.05, 0.1) is 6.21 Å². The van der Waals surface area contributed by atoms with Gasteiger partial charge in [-0.15, -0.1) is 0 Å². The maximum Gasteiger partial charge on any atom is 0.278 e. The van der Waals surface area contributed by atoms with Crippen molar-refractivity contribution in [2.24, 2.45) is 5.10 Å². The Hall–Kier alpha value is -3.20. The fourth-order valence-corrected chi connectivity index (χ4v) is 2.04. The fraction of sp³-hybridized carbons (Fsp3) is 0.222. The number of aromatic nitrogens is 1. The zero-order valence-electron chi connectivity index (χ0n) is 13.8. The van der Waals surface area contributed by atoms with Crippen LogP contribution >= 0.6 is 0 Å². The first kappa shape index (κ1) is 17.2. The number of aryl methyl sites for hydroxylation is 3. The van der Waals surface area contributed by atoms with E-state index in [9.17, 15) is 4.79 Å². The number of hydrogen-bond donors (Lipinski definition) is 1. The van der Waals surface area contributed by atoms with Crippen molar-refractivity contribution >= 4 is 12.1 Å². The Morgan fingerprint density at radius 2 is 2.04 bits per heavy atom. The van der Waals surface area contributed by atoms with Crippen LogP contribution in [0, 0.1) is 32.1 Å². The van der Waals surface area contributed by atoms with E-state index in [2.05, 4.69) is 15.5 Å². The number of hydrazone groups is 1. The molecule has 0 saturated heterocycles. The largest absolute Gasteiger partial charge is 0.467 e. The molecule has 2 rings (SSSR count). The number of hydrogen-bond acceptors (Lipinski definition) is 5. The molecule has 24 heavy (non-hydrogen) atoms. The van der Waals surface area contributed by atoms with Gasteiger partial charge in [-0.1, -0.05) is 29.8 Å². The minimum absolute atomic E-state index is 0.160. The van der Waals surface area contributed by atoms with Crippen LogP contribution in [0.2, 0.25) is 0 Å². The van der Waals surface area contributed by atoms with E-state index in [4.69, 9.17) is 10.00 Å². The average molecular weight is 322 g/mol. The van der Waals surface area contributed by atoms with Crippen molar-refractivity contribution in [3.63, 3.8) is 0 Å². The molecule has 2 aromatic rings. The van der Waals surface area contributed by atoms with E-state index < -0.39 is 5.91 Å². The van der Waals surface area contributed by atoms with E-state index in [1.165, 1.54) is 0 Å². The van der Waals surface area contributed by atoms with Gasteiger partial charge in [0.2, 0.25) is 5.88 Å². The second-order valence-corrected chi connectivity index (χ2v) is 5.37. The second kappa shape index (κ2) is 7.88. The van der Waals surface area contributed by atoms with Gasteiger partial charge in [-0.25, -0.2) is 10.4 Å². The van der Waals surface area contributed by atoms with E-state index in [-0.39, 0.29) is 12.5 Å². The number of benzene rings is 1. The number of ether oxygens (including phenoxy) is 1. The summed E-state index contributed by atoms with van der Waals surface area (Å²) in [5.74, 6) is -0.268. The molecule has 0 bridgehead atoms. The third-order valence-electron chi connectivity index (χ3n) is 3.24. The fourth-order valence-electron chi connectivity index (χ4n) is 2.04. The molecule has 0 saturated carbocycles. The zero-order valence-corrected chi connectivity index (χ0v) is 13.8. The van der Waals surface area contributed by atoms with Gasteiger partial charge in [-0.3, -0.25) is 4.79 Å². The van der Waals surface area contributed by atoms with Crippen LogP contribution in [-0.4, -0.2) is 23.7 Å². The highest BCUT2D eigenvalue weighted by Gasteiger charge is 2.11. The SMILES string of the molecule is Cc1ccc(/C=N\NC(=O)COc2nc(C)cc(C)c2C#N)cc1. The topological polar surface area (TPSA) is 87.4 Å². The lowest BCUT2D eigenvalue weighted by Gasteiger charge is -2.08. The molecule has 1 amide bonds. The van der Waals surface area contributed by atoms with Crippen LogP contribution in [0.5, 0.6) is 5.88 Å². The number of pyridine rings is 1. The van der Waals surface area contributed by atoms with E-state index in [1.807, 2.05) is 37.3 Å². The lowest BCUT2D eigenvalue weighted by Crippen LogP contribution is -2.25. The maximum atomic E-state index is 11.8. The summed E-state index contributed by atoms with van der Waals surface area (Å²) in [4.78, 5) is 15.9. The minimum atomic E-state index is -0.428. The first-order valence-electron chi connectivity index (χ1n) is 7.39. The van der Waals surface area contributed by atoms with Crippen molar-refractivity contribution in [2.75, 3.05) is 6.61 Å². The summed E-state index contributed by atoms with van der Waals surface area (Å²) in [6.45, 7) is 5.32. The number of carbonyl (C=O) groups excluding carboxylic acids is 1. The van der Waals surface area contributed by atoms with Gasteiger partial charge >= 0.3 is 0 Å². The van der Waals surface area contributed by atoms with E-state index >= 15 is 0 Å². The molecule has 1 heterocycles. The molecular formula is C18H18N4O2. The number of amides is 1. The predicted octanol–water partition coefficient (Wildman–Crippen LogP) is 2.41. The van der Waals surface area contributed by atoms with Gasteiger partial charge in [0.25, 0.3) is 5.91 Å². The van der Waals surface area contributed by atoms with Crippen molar-refractivity contribution in [3.8, 4) is 11.9 Å². The van der Waals surface area contributed by atoms with Crippen LogP contribution < -0.4 is 10.2 Å². The third-order valence-corrected chi connectivity index (χ3v) is 3.24. The van der Waals surface area contributed by atoms with Gasteiger partial charge in [0.15, 0.2) is 6.61 Å². The van der Waals surface area contributed by atoms with E-state index in [0.717, 1.165) is 22.4 Å². The Balaban J connectivity index is 1.92. The van der Waals surface area contributed by atoms with Crippen molar-refractivity contribution in [2.45, 2.75) is 20.8 Å². The standard InChI is InChI=1S/C18H18N4O2/c1-12-4-6-15(7-5-12)10-20-22-17(23)11-24-18-16(9-19)13(2)8-14(3)21-18/h4-8,10H,11H2,1-3H3,(H,22,23)/b20-10-. The predicted molar refractivity (Wildman–Crippen MR) is 90.8 cm³/mol. The summed E-state index contributed by atoms with van der Waals surface area (Å²) in [5.41, 5.74) is 6.22. The summed E-state index contributed by atoms with van der Waals surface area (Å²) in [7, 11) is 0. The molecule has 1 N–H and O–H groups in total. The Bertz CT molecular complexity index is 805. The quantitative estimate of drug-likeness (QED) is 0.676. The van der Waals surface area contributed by atoms with Crippen LogP contribution in [0.3, 0.4) is 0 Å². The summed E-state index contributed by atoms with van der Waals surface area (Å²) >= 11 is 0. The summed E-state index contributed by atoms with van der Waals surface area (Å²) < 4.78 is 5.35. The van der Waals surface area contributed by atoms with Gasteiger partial charge in [0, 0.05) is 5.69 Å². The molecule has 0 atom stereocenters. The number of nitrogens with one attached hydrogen (secondary N) is 1.